The molecule has 3 aromatic rings. The number of halogens is 2. The Bertz CT molecular complexity index is 1290. The van der Waals surface area contributed by atoms with Crippen molar-refractivity contribution in [1.82, 2.24) is 0 Å². The first-order chi connectivity index (χ1) is 14.8. The molecule has 31 heavy (non-hydrogen) atoms. The number of anilines is 1. The Balaban J connectivity index is 1.93. The number of nitrogens with zero attached hydrogens (tertiary/aromatic N) is 1. The van der Waals surface area contributed by atoms with E-state index in [1.165, 1.54) is 54.6 Å². The maximum Gasteiger partial charge on any atom is 0.339 e. The molecular formula is C22H14BrFN2O4S. The minimum atomic E-state index is -4.13. The van der Waals surface area contributed by atoms with Crippen molar-refractivity contribution in [3.63, 3.8) is 0 Å². The highest BCUT2D eigenvalue weighted by molar-refractivity contribution is 9.10. The van der Waals surface area contributed by atoms with Crippen LogP contribution in [0, 0.1) is 17.1 Å². The molecule has 0 fully saturated rings. The molecule has 0 saturated heterocycles. The van der Waals surface area contributed by atoms with Crippen molar-refractivity contribution >= 4 is 43.7 Å². The van der Waals surface area contributed by atoms with Crippen LogP contribution in [0.2, 0.25) is 0 Å². The lowest BCUT2D eigenvalue weighted by Crippen LogP contribution is -2.14. The molecule has 156 valence electrons. The fourth-order valence-corrected chi connectivity index (χ4v) is 3.85. The van der Waals surface area contributed by atoms with Crippen molar-refractivity contribution in [2.75, 3.05) is 5.32 Å². The average molecular weight is 501 g/mol. The lowest BCUT2D eigenvalue weighted by molar-refractivity contribution is -0.112. The molecule has 0 spiro atoms. The first-order valence-electron chi connectivity index (χ1n) is 8.76. The SMILES string of the molecule is N#C/C(=C\c1cc(Br)ccc1OS(=O)(=O)c1ccccc1)C(=O)Nc1ccc(F)cc1. The molecule has 0 saturated carbocycles. The molecule has 0 aliphatic carbocycles. The molecule has 0 atom stereocenters. The van der Waals surface area contributed by atoms with E-state index in [0.717, 1.165) is 0 Å². The maximum absolute atomic E-state index is 13.0. The van der Waals surface area contributed by atoms with Gasteiger partial charge in [-0.1, -0.05) is 34.1 Å². The van der Waals surface area contributed by atoms with Gasteiger partial charge >= 0.3 is 10.1 Å². The summed E-state index contributed by atoms with van der Waals surface area (Å²) >= 11 is 3.28. The Morgan fingerprint density at radius 1 is 1.06 bits per heavy atom. The van der Waals surface area contributed by atoms with Gasteiger partial charge in [-0.05, 0) is 60.7 Å². The van der Waals surface area contributed by atoms with Gasteiger partial charge in [0.2, 0.25) is 0 Å². The Kier molecular flexibility index (Phi) is 6.84. The number of rotatable bonds is 6. The minimum absolute atomic E-state index is 0.0394. The van der Waals surface area contributed by atoms with Crippen molar-refractivity contribution in [3.05, 3.63) is 94.2 Å². The van der Waals surface area contributed by atoms with Crippen LogP contribution in [-0.2, 0) is 14.9 Å². The van der Waals surface area contributed by atoms with Crippen LogP contribution in [-0.4, -0.2) is 14.3 Å². The van der Waals surface area contributed by atoms with Gasteiger partial charge in [-0.15, -0.1) is 0 Å². The van der Waals surface area contributed by atoms with Crippen LogP contribution in [0.15, 0.2) is 87.7 Å². The van der Waals surface area contributed by atoms with Crippen molar-refractivity contribution in [1.29, 1.82) is 5.26 Å². The summed E-state index contributed by atoms with van der Waals surface area (Å²) in [6, 6.07) is 18.9. The van der Waals surface area contributed by atoms with Gasteiger partial charge in [-0.25, -0.2) is 4.39 Å². The third-order valence-electron chi connectivity index (χ3n) is 3.97. The fourth-order valence-electron chi connectivity index (χ4n) is 2.50. The van der Waals surface area contributed by atoms with Crippen LogP contribution in [0.3, 0.4) is 0 Å². The second-order valence-electron chi connectivity index (χ2n) is 6.16. The fraction of sp³-hybridized carbons (Fsp3) is 0. The zero-order valence-corrected chi connectivity index (χ0v) is 18.2. The van der Waals surface area contributed by atoms with E-state index in [0.29, 0.717) is 10.2 Å². The lowest BCUT2D eigenvalue weighted by atomic mass is 10.1. The van der Waals surface area contributed by atoms with Crippen LogP contribution < -0.4 is 9.50 Å². The molecule has 1 N–H and O–H groups in total. The number of benzene rings is 3. The van der Waals surface area contributed by atoms with Crippen molar-refractivity contribution in [2.45, 2.75) is 4.90 Å². The summed E-state index contributed by atoms with van der Waals surface area (Å²) in [5, 5.41) is 11.9. The van der Waals surface area contributed by atoms with E-state index in [1.54, 1.807) is 30.3 Å². The molecule has 0 heterocycles. The van der Waals surface area contributed by atoms with Gasteiger partial charge < -0.3 is 9.50 Å². The molecule has 0 unspecified atom stereocenters. The van der Waals surface area contributed by atoms with Crippen molar-refractivity contribution in [3.8, 4) is 11.8 Å². The molecule has 0 radical (unpaired) electrons. The molecule has 0 aliphatic heterocycles. The van der Waals surface area contributed by atoms with Crippen molar-refractivity contribution < 1.29 is 21.8 Å². The Hall–Kier alpha value is -3.48. The van der Waals surface area contributed by atoms with E-state index in [2.05, 4.69) is 21.2 Å². The molecule has 3 aromatic carbocycles. The number of carbonyl (C=O) groups is 1. The first kappa shape index (κ1) is 22.2. The highest BCUT2D eigenvalue weighted by atomic mass is 79.9. The zero-order valence-electron chi connectivity index (χ0n) is 15.7. The maximum atomic E-state index is 13.0. The quantitative estimate of drug-likeness (QED) is 0.295. The molecule has 0 aliphatic rings. The summed E-state index contributed by atoms with van der Waals surface area (Å²) in [5.41, 5.74) is 0.189. The normalized spacial score (nSPS) is 11.5. The Morgan fingerprint density at radius 3 is 2.39 bits per heavy atom. The molecular weight excluding hydrogens is 487 g/mol. The second-order valence-corrected chi connectivity index (χ2v) is 8.63. The third-order valence-corrected chi connectivity index (χ3v) is 5.71. The number of amides is 1. The summed E-state index contributed by atoms with van der Waals surface area (Å²) in [5.74, 6) is -1.27. The van der Waals surface area contributed by atoms with Gasteiger partial charge in [0.15, 0.2) is 0 Å². The van der Waals surface area contributed by atoms with Gasteiger partial charge in [0.05, 0.1) is 0 Å². The van der Waals surface area contributed by atoms with Gasteiger partial charge in [0, 0.05) is 15.7 Å². The highest BCUT2D eigenvalue weighted by Crippen LogP contribution is 2.28. The number of carbonyl (C=O) groups excluding carboxylic acids is 1. The summed E-state index contributed by atoms with van der Waals surface area (Å²) < 4.78 is 44.0. The van der Waals surface area contributed by atoms with E-state index in [9.17, 15) is 22.9 Å². The summed E-state index contributed by atoms with van der Waals surface area (Å²) in [6.07, 6.45) is 1.21. The minimum Gasteiger partial charge on any atom is -0.378 e. The van der Waals surface area contributed by atoms with Gasteiger partial charge in [0.1, 0.15) is 28.1 Å². The van der Waals surface area contributed by atoms with Gasteiger partial charge in [0.25, 0.3) is 5.91 Å². The highest BCUT2D eigenvalue weighted by Gasteiger charge is 2.19. The van der Waals surface area contributed by atoms with E-state index in [4.69, 9.17) is 4.18 Å². The summed E-state index contributed by atoms with van der Waals surface area (Å²) in [7, 11) is -4.13. The summed E-state index contributed by atoms with van der Waals surface area (Å²) in [6.45, 7) is 0. The topological polar surface area (TPSA) is 96.3 Å². The molecule has 9 heteroatoms. The van der Waals surface area contributed by atoms with Crippen LogP contribution in [0.1, 0.15) is 5.56 Å². The monoisotopic (exact) mass is 500 g/mol. The van der Waals surface area contributed by atoms with E-state index in [-0.39, 0.29) is 21.8 Å². The largest absolute Gasteiger partial charge is 0.378 e. The number of nitriles is 1. The Morgan fingerprint density at radius 2 is 1.74 bits per heavy atom. The second kappa shape index (κ2) is 9.55. The summed E-state index contributed by atoms with van der Waals surface area (Å²) in [4.78, 5) is 12.4. The third kappa shape index (κ3) is 5.78. The van der Waals surface area contributed by atoms with Crippen LogP contribution in [0.5, 0.6) is 5.75 Å². The molecule has 0 bridgehead atoms. The molecule has 3 rings (SSSR count). The van der Waals surface area contributed by atoms with Crippen molar-refractivity contribution in [2.24, 2.45) is 0 Å². The predicted molar refractivity (Wildman–Crippen MR) is 117 cm³/mol. The van der Waals surface area contributed by atoms with Gasteiger partial charge in [-0.2, -0.15) is 13.7 Å². The number of hydrogen-bond acceptors (Lipinski definition) is 5. The molecule has 0 aromatic heterocycles. The van der Waals surface area contributed by atoms with E-state index in [1.807, 2.05) is 0 Å². The van der Waals surface area contributed by atoms with Crippen LogP contribution >= 0.6 is 15.9 Å². The predicted octanol–water partition coefficient (Wildman–Crippen LogP) is 4.90. The number of hydrogen-bond donors (Lipinski definition) is 1. The zero-order chi connectivity index (χ0) is 22.4. The van der Waals surface area contributed by atoms with Crippen LogP contribution in [0.25, 0.3) is 6.08 Å². The van der Waals surface area contributed by atoms with E-state index < -0.39 is 21.8 Å². The number of nitrogens with one attached hydrogen (secondary N) is 1. The average Bonchev–Trinajstić information content (AvgIpc) is 2.75. The molecule has 1 amide bonds. The smallest absolute Gasteiger partial charge is 0.339 e. The van der Waals surface area contributed by atoms with E-state index >= 15 is 0 Å². The van der Waals surface area contributed by atoms with Gasteiger partial charge in [-0.3, -0.25) is 4.79 Å². The first-order valence-corrected chi connectivity index (χ1v) is 11.0. The Labute approximate surface area is 186 Å². The van der Waals surface area contributed by atoms with Crippen LogP contribution in [0.4, 0.5) is 10.1 Å². The lowest BCUT2D eigenvalue weighted by Gasteiger charge is -2.11. The standard InChI is InChI=1S/C22H14BrFN2O4S/c23-17-6-11-21(30-31(28,29)20-4-2-1-3-5-20)15(13-17)12-16(14-25)22(27)26-19-9-7-18(24)8-10-19/h1-13H,(H,26,27)/b16-12+. The molecule has 6 nitrogen and oxygen atoms in total.